The highest BCUT2D eigenvalue weighted by atomic mass is 35.5. The van der Waals surface area contributed by atoms with E-state index in [2.05, 4.69) is 10.1 Å². The second kappa shape index (κ2) is 8.47. The fraction of sp³-hybridized carbons (Fsp3) is 0.222. The first-order chi connectivity index (χ1) is 13.0. The smallest absolute Gasteiger partial charge is 0.425 e. The number of amides is 1. The van der Waals surface area contributed by atoms with Crippen molar-refractivity contribution in [3.05, 3.63) is 52.8 Å². The van der Waals surface area contributed by atoms with E-state index in [1.54, 1.807) is 13.8 Å². The van der Waals surface area contributed by atoms with E-state index >= 15 is 0 Å². The molecule has 2 rings (SSSR count). The number of benzene rings is 2. The molecular weight excluding hydrogens is 406 g/mol. The van der Waals surface area contributed by atoms with E-state index in [1.807, 2.05) is 0 Å². The molecular formula is C18H14ClF4NO4. The van der Waals surface area contributed by atoms with Gasteiger partial charge in [0.05, 0.1) is 16.5 Å². The third-order valence-electron chi connectivity index (χ3n) is 3.29. The van der Waals surface area contributed by atoms with Crippen LogP contribution in [0.15, 0.2) is 36.4 Å². The van der Waals surface area contributed by atoms with Crippen molar-refractivity contribution in [2.24, 2.45) is 5.92 Å². The number of anilines is 1. The molecule has 0 unspecified atom stereocenters. The van der Waals surface area contributed by atoms with Gasteiger partial charge in [-0.05, 0) is 30.3 Å². The summed E-state index contributed by atoms with van der Waals surface area (Å²) in [5.74, 6) is -3.73. The molecule has 0 atom stereocenters. The molecule has 0 radical (unpaired) electrons. The van der Waals surface area contributed by atoms with Crippen molar-refractivity contribution in [2.45, 2.75) is 20.2 Å². The predicted molar refractivity (Wildman–Crippen MR) is 93.0 cm³/mol. The van der Waals surface area contributed by atoms with Crippen molar-refractivity contribution >= 4 is 29.2 Å². The molecule has 0 saturated heterocycles. The van der Waals surface area contributed by atoms with Crippen molar-refractivity contribution in [2.75, 3.05) is 5.32 Å². The normalized spacial score (nSPS) is 11.3. The Morgan fingerprint density at radius 2 is 1.71 bits per heavy atom. The van der Waals surface area contributed by atoms with Crippen molar-refractivity contribution in [1.29, 1.82) is 0 Å². The van der Waals surface area contributed by atoms with Crippen LogP contribution in [0.25, 0.3) is 0 Å². The molecule has 1 amide bonds. The average Bonchev–Trinajstić information content (AvgIpc) is 2.58. The van der Waals surface area contributed by atoms with Crippen LogP contribution in [-0.2, 0) is 4.79 Å². The monoisotopic (exact) mass is 419 g/mol. The highest BCUT2D eigenvalue weighted by molar-refractivity contribution is 6.31. The van der Waals surface area contributed by atoms with Crippen LogP contribution in [-0.4, -0.2) is 18.2 Å². The van der Waals surface area contributed by atoms with Crippen LogP contribution in [0.2, 0.25) is 5.02 Å². The largest absolute Gasteiger partial charge is 0.573 e. The molecule has 28 heavy (non-hydrogen) atoms. The number of ether oxygens (including phenoxy) is 2. The number of nitrogens with one attached hydrogen (secondary N) is 1. The van der Waals surface area contributed by atoms with Gasteiger partial charge in [0.2, 0.25) is 0 Å². The number of carbonyl (C=O) groups excluding carboxylic acids is 2. The fourth-order valence-electron chi connectivity index (χ4n) is 1.96. The van der Waals surface area contributed by atoms with Gasteiger partial charge in [-0.15, -0.1) is 13.2 Å². The zero-order valence-corrected chi connectivity index (χ0v) is 15.3. The van der Waals surface area contributed by atoms with Crippen molar-refractivity contribution < 1.29 is 36.6 Å². The Bertz CT molecular complexity index is 882. The highest BCUT2D eigenvalue weighted by Gasteiger charge is 2.31. The van der Waals surface area contributed by atoms with E-state index in [4.69, 9.17) is 16.3 Å². The molecule has 0 aromatic heterocycles. The summed E-state index contributed by atoms with van der Waals surface area (Å²) in [4.78, 5) is 24.2. The minimum Gasteiger partial charge on any atom is -0.425 e. The van der Waals surface area contributed by atoms with Crippen LogP contribution >= 0.6 is 11.6 Å². The molecule has 0 heterocycles. The predicted octanol–water partition coefficient (Wildman–Crippen LogP) is 5.19. The first-order valence-corrected chi connectivity index (χ1v) is 8.22. The Kier molecular flexibility index (Phi) is 6.50. The number of halogens is 5. The lowest BCUT2D eigenvalue weighted by Crippen LogP contribution is -2.19. The highest BCUT2D eigenvalue weighted by Crippen LogP contribution is 2.29. The number of rotatable bonds is 5. The standard InChI is InChI=1S/C18H14ClF4NO4/c1-9(2)17(26)27-15-8-14(20)13(19)7-12(15)16(25)24-10-3-5-11(6-4-10)28-18(21,22)23/h3-9H,1-2H3,(H,24,25). The van der Waals surface area contributed by atoms with Crippen molar-refractivity contribution in [3.63, 3.8) is 0 Å². The van der Waals surface area contributed by atoms with Gasteiger partial charge in [-0.1, -0.05) is 25.4 Å². The van der Waals surface area contributed by atoms with Crippen LogP contribution in [0, 0.1) is 11.7 Å². The summed E-state index contributed by atoms with van der Waals surface area (Å²) in [5.41, 5.74) is -0.0999. The molecule has 1 N–H and O–H groups in total. The Morgan fingerprint density at radius 1 is 1.11 bits per heavy atom. The Hall–Kier alpha value is -2.81. The quantitative estimate of drug-likeness (QED) is 0.411. The van der Waals surface area contributed by atoms with E-state index in [9.17, 15) is 27.2 Å². The van der Waals surface area contributed by atoms with Crippen molar-refractivity contribution in [1.82, 2.24) is 0 Å². The van der Waals surface area contributed by atoms with Crippen LogP contribution in [0.5, 0.6) is 11.5 Å². The fourth-order valence-corrected chi connectivity index (χ4v) is 2.12. The number of hydrogen-bond donors (Lipinski definition) is 1. The zero-order valence-electron chi connectivity index (χ0n) is 14.6. The molecule has 2 aromatic carbocycles. The summed E-state index contributed by atoms with van der Waals surface area (Å²) >= 11 is 5.70. The number of carbonyl (C=O) groups is 2. The SMILES string of the molecule is CC(C)C(=O)Oc1cc(F)c(Cl)cc1C(=O)Nc1ccc(OC(F)(F)F)cc1. The van der Waals surface area contributed by atoms with Gasteiger partial charge in [0.15, 0.2) is 0 Å². The minimum absolute atomic E-state index is 0.126. The summed E-state index contributed by atoms with van der Waals surface area (Å²) in [6, 6.07) is 6.13. The first kappa shape index (κ1) is 21.5. The second-order valence-electron chi connectivity index (χ2n) is 5.86. The molecule has 0 saturated carbocycles. The zero-order chi connectivity index (χ0) is 21.1. The molecule has 5 nitrogen and oxygen atoms in total. The van der Waals surface area contributed by atoms with Gasteiger partial charge in [0, 0.05) is 11.8 Å². The van der Waals surface area contributed by atoms with Gasteiger partial charge in [0.25, 0.3) is 5.91 Å². The minimum atomic E-state index is -4.84. The van der Waals surface area contributed by atoms with Crippen LogP contribution in [0.3, 0.4) is 0 Å². The van der Waals surface area contributed by atoms with E-state index in [0.29, 0.717) is 0 Å². The number of hydrogen-bond acceptors (Lipinski definition) is 4. The van der Waals surface area contributed by atoms with E-state index in [1.165, 1.54) is 12.1 Å². The van der Waals surface area contributed by atoms with Gasteiger partial charge >= 0.3 is 12.3 Å². The Morgan fingerprint density at radius 3 is 2.25 bits per heavy atom. The van der Waals surface area contributed by atoms with E-state index < -0.39 is 35.7 Å². The Labute approximate surface area is 162 Å². The third-order valence-corrected chi connectivity index (χ3v) is 3.58. The van der Waals surface area contributed by atoms with Gasteiger partial charge in [0.1, 0.15) is 17.3 Å². The van der Waals surface area contributed by atoms with E-state index in [0.717, 1.165) is 24.3 Å². The lowest BCUT2D eigenvalue weighted by atomic mass is 10.1. The maximum atomic E-state index is 13.7. The molecule has 0 bridgehead atoms. The maximum absolute atomic E-state index is 13.7. The van der Waals surface area contributed by atoms with Gasteiger partial charge in [-0.25, -0.2) is 4.39 Å². The van der Waals surface area contributed by atoms with Gasteiger partial charge < -0.3 is 14.8 Å². The molecule has 0 aliphatic heterocycles. The summed E-state index contributed by atoms with van der Waals surface area (Å²) < 4.78 is 59.0. The number of esters is 1. The molecule has 0 fully saturated rings. The summed E-state index contributed by atoms with van der Waals surface area (Å²) in [7, 11) is 0. The summed E-state index contributed by atoms with van der Waals surface area (Å²) in [6.07, 6.45) is -4.84. The van der Waals surface area contributed by atoms with Crippen LogP contribution < -0.4 is 14.8 Å². The summed E-state index contributed by atoms with van der Waals surface area (Å²) in [6.45, 7) is 3.11. The molecule has 150 valence electrons. The second-order valence-corrected chi connectivity index (χ2v) is 6.27. The average molecular weight is 420 g/mol. The lowest BCUT2D eigenvalue weighted by Gasteiger charge is -2.13. The van der Waals surface area contributed by atoms with Crippen molar-refractivity contribution in [3.8, 4) is 11.5 Å². The Balaban J connectivity index is 2.23. The molecule has 2 aromatic rings. The van der Waals surface area contributed by atoms with Crippen LogP contribution in [0.1, 0.15) is 24.2 Å². The lowest BCUT2D eigenvalue weighted by molar-refractivity contribution is -0.274. The summed E-state index contributed by atoms with van der Waals surface area (Å²) in [5, 5.41) is 2.02. The molecule has 10 heteroatoms. The maximum Gasteiger partial charge on any atom is 0.573 e. The molecule has 0 aliphatic carbocycles. The van der Waals surface area contributed by atoms with Crippen LogP contribution in [0.4, 0.5) is 23.2 Å². The van der Waals surface area contributed by atoms with E-state index in [-0.39, 0.29) is 22.0 Å². The third kappa shape index (κ3) is 5.85. The van der Waals surface area contributed by atoms with Gasteiger partial charge in [-0.2, -0.15) is 0 Å². The molecule has 0 spiro atoms. The van der Waals surface area contributed by atoms with Gasteiger partial charge in [-0.3, -0.25) is 9.59 Å². The topological polar surface area (TPSA) is 64.6 Å². The first-order valence-electron chi connectivity index (χ1n) is 7.84. The molecule has 0 aliphatic rings. The number of alkyl halides is 3.